The van der Waals surface area contributed by atoms with Crippen molar-refractivity contribution in [2.45, 2.75) is 12.7 Å². The molecule has 3 N–H and O–H groups in total. The van der Waals surface area contributed by atoms with Crippen LogP contribution >= 0.6 is 0 Å². The monoisotopic (exact) mass is 274 g/mol. The molecule has 0 unspecified atom stereocenters. The molecule has 0 radical (unpaired) electrons. The topological polar surface area (TPSA) is 34.1 Å². The first kappa shape index (κ1) is 14.3. The molecule has 0 aromatic heterocycles. The summed E-state index contributed by atoms with van der Waals surface area (Å²) < 4.78 is 38.2. The molecular formula is C13H19F3N3+. The van der Waals surface area contributed by atoms with Crippen LogP contribution < -0.4 is 5.73 Å². The summed E-state index contributed by atoms with van der Waals surface area (Å²) in [5.41, 5.74) is 4.13. The SMILES string of the molecule is CN1CCN(Cc2cc([NH3+])cc(C(F)(F)F)c2)CC1. The number of halogens is 3. The average molecular weight is 274 g/mol. The lowest BCUT2D eigenvalue weighted by molar-refractivity contribution is -0.255. The number of rotatable bonds is 2. The van der Waals surface area contributed by atoms with Gasteiger partial charge in [-0.05, 0) is 18.7 Å². The van der Waals surface area contributed by atoms with Gasteiger partial charge in [0.25, 0.3) is 0 Å². The molecule has 1 aliphatic heterocycles. The lowest BCUT2D eigenvalue weighted by atomic mass is 10.1. The van der Waals surface area contributed by atoms with Crippen LogP contribution in [0.3, 0.4) is 0 Å². The number of likely N-dealkylation sites (N-methyl/N-ethyl adjacent to an activating group) is 1. The zero-order chi connectivity index (χ0) is 14.0. The van der Waals surface area contributed by atoms with Crippen molar-refractivity contribution in [1.82, 2.24) is 9.80 Å². The number of nitrogens with zero attached hydrogens (tertiary/aromatic N) is 2. The fourth-order valence-corrected chi connectivity index (χ4v) is 2.28. The number of hydrogen-bond donors (Lipinski definition) is 1. The van der Waals surface area contributed by atoms with Crippen LogP contribution in [0, 0.1) is 0 Å². The van der Waals surface area contributed by atoms with Gasteiger partial charge in [-0.15, -0.1) is 0 Å². The van der Waals surface area contributed by atoms with Crippen molar-refractivity contribution in [3.05, 3.63) is 29.3 Å². The highest BCUT2D eigenvalue weighted by molar-refractivity contribution is 5.39. The van der Waals surface area contributed by atoms with E-state index in [4.69, 9.17) is 0 Å². The van der Waals surface area contributed by atoms with E-state index in [-0.39, 0.29) is 0 Å². The number of piperazine rings is 1. The van der Waals surface area contributed by atoms with Gasteiger partial charge in [0, 0.05) is 44.9 Å². The van der Waals surface area contributed by atoms with Gasteiger partial charge >= 0.3 is 6.18 Å². The largest absolute Gasteiger partial charge is 0.416 e. The van der Waals surface area contributed by atoms with Gasteiger partial charge < -0.3 is 10.6 Å². The minimum atomic E-state index is -4.30. The van der Waals surface area contributed by atoms with Crippen molar-refractivity contribution in [3.63, 3.8) is 0 Å². The quantitative estimate of drug-likeness (QED) is 0.882. The van der Waals surface area contributed by atoms with E-state index < -0.39 is 11.7 Å². The third kappa shape index (κ3) is 3.92. The fraction of sp³-hybridized carbons (Fsp3) is 0.538. The smallest absolute Gasteiger partial charge is 0.325 e. The summed E-state index contributed by atoms with van der Waals surface area (Å²) in [4.78, 5) is 4.39. The van der Waals surface area contributed by atoms with Crippen LogP contribution in [0.25, 0.3) is 0 Å². The summed E-state index contributed by atoms with van der Waals surface area (Å²) >= 11 is 0. The molecule has 0 saturated carbocycles. The maximum atomic E-state index is 12.7. The molecule has 0 atom stereocenters. The Morgan fingerprint density at radius 3 is 2.32 bits per heavy atom. The summed E-state index contributed by atoms with van der Waals surface area (Å²) in [6.07, 6.45) is -4.30. The molecule has 1 saturated heterocycles. The second kappa shape index (κ2) is 5.48. The molecular weight excluding hydrogens is 255 g/mol. The van der Waals surface area contributed by atoms with Crippen molar-refractivity contribution < 1.29 is 18.9 Å². The van der Waals surface area contributed by atoms with Gasteiger partial charge in [0.2, 0.25) is 0 Å². The normalized spacial score (nSPS) is 18.8. The third-order valence-electron chi connectivity index (χ3n) is 3.38. The summed E-state index contributed by atoms with van der Waals surface area (Å²) in [7, 11) is 2.05. The first-order chi connectivity index (χ1) is 8.84. The maximum absolute atomic E-state index is 12.7. The van der Waals surface area contributed by atoms with Crippen molar-refractivity contribution in [1.29, 1.82) is 0 Å². The van der Waals surface area contributed by atoms with Crippen molar-refractivity contribution in [2.24, 2.45) is 0 Å². The van der Waals surface area contributed by atoms with Gasteiger partial charge in [0.1, 0.15) is 5.69 Å². The van der Waals surface area contributed by atoms with E-state index in [1.54, 1.807) is 6.07 Å². The number of hydrogen-bond acceptors (Lipinski definition) is 2. The van der Waals surface area contributed by atoms with Crippen LogP contribution in [0.1, 0.15) is 11.1 Å². The number of benzene rings is 1. The number of alkyl halides is 3. The Bertz CT molecular complexity index is 437. The zero-order valence-electron chi connectivity index (χ0n) is 11.0. The molecule has 0 spiro atoms. The van der Waals surface area contributed by atoms with Crippen LogP contribution in [0.4, 0.5) is 18.9 Å². The van der Waals surface area contributed by atoms with Crippen molar-refractivity contribution in [3.8, 4) is 0 Å². The Labute approximate surface area is 110 Å². The van der Waals surface area contributed by atoms with Gasteiger partial charge in [-0.3, -0.25) is 4.90 Å². The fourth-order valence-electron chi connectivity index (χ4n) is 2.28. The summed E-state index contributed by atoms with van der Waals surface area (Å²) in [5.74, 6) is 0. The highest BCUT2D eigenvalue weighted by atomic mass is 19.4. The molecule has 106 valence electrons. The lowest BCUT2D eigenvalue weighted by Gasteiger charge is -2.32. The Morgan fingerprint density at radius 2 is 1.74 bits per heavy atom. The molecule has 3 nitrogen and oxygen atoms in total. The molecule has 1 aliphatic rings. The van der Waals surface area contributed by atoms with E-state index >= 15 is 0 Å². The molecule has 6 heteroatoms. The van der Waals surface area contributed by atoms with E-state index in [1.165, 1.54) is 6.07 Å². The first-order valence-electron chi connectivity index (χ1n) is 6.28. The summed E-state index contributed by atoms with van der Waals surface area (Å²) in [6, 6.07) is 4.05. The van der Waals surface area contributed by atoms with Crippen LogP contribution in [0.5, 0.6) is 0 Å². The zero-order valence-corrected chi connectivity index (χ0v) is 11.0. The predicted molar refractivity (Wildman–Crippen MR) is 66.8 cm³/mol. The van der Waals surface area contributed by atoms with Gasteiger partial charge in [-0.25, -0.2) is 0 Å². The molecule has 0 bridgehead atoms. The Hall–Kier alpha value is -1.11. The molecule has 1 aromatic rings. The standard InChI is InChI=1S/C13H18F3N3/c1-18-2-4-19(5-3-18)9-10-6-11(13(14,15)16)8-12(17)7-10/h6-8H,2-5,9,17H2,1H3/p+1. The van der Waals surface area contributed by atoms with Crippen molar-refractivity contribution >= 4 is 5.69 Å². The highest BCUT2D eigenvalue weighted by Crippen LogP contribution is 2.31. The van der Waals surface area contributed by atoms with E-state index in [9.17, 15) is 13.2 Å². The van der Waals surface area contributed by atoms with E-state index in [0.717, 1.165) is 32.2 Å². The van der Waals surface area contributed by atoms with Crippen LogP contribution in [-0.2, 0) is 12.7 Å². The van der Waals surface area contributed by atoms with E-state index in [2.05, 4.69) is 22.6 Å². The molecule has 19 heavy (non-hydrogen) atoms. The van der Waals surface area contributed by atoms with Crippen LogP contribution in [-0.4, -0.2) is 43.0 Å². The molecule has 2 rings (SSSR count). The molecule has 1 fully saturated rings. The average Bonchev–Trinajstić information content (AvgIpc) is 2.30. The number of quaternary nitrogens is 1. The Kier molecular flexibility index (Phi) is 4.13. The summed E-state index contributed by atoms with van der Waals surface area (Å²) in [5, 5.41) is 0. The maximum Gasteiger partial charge on any atom is 0.416 e. The Morgan fingerprint density at radius 1 is 1.11 bits per heavy atom. The van der Waals surface area contributed by atoms with Gasteiger partial charge in [-0.1, -0.05) is 0 Å². The van der Waals surface area contributed by atoms with Crippen molar-refractivity contribution in [2.75, 3.05) is 33.2 Å². The third-order valence-corrected chi connectivity index (χ3v) is 3.38. The second-order valence-corrected chi connectivity index (χ2v) is 5.12. The van der Waals surface area contributed by atoms with Crippen LogP contribution in [0.2, 0.25) is 0 Å². The van der Waals surface area contributed by atoms with Gasteiger partial charge in [-0.2, -0.15) is 13.2 Å². The van der Waals surface area contributed by atoms with E-state index in [1.807, 2.05) is 0 Å². The first-order valence-corrected chi connectivity index (χ1v) is 6.28. The predicted octanol–water partition coefficient (Wildman–Crippen LogP) is 1.33. The van der Waals surface area contributed by atoms with Gasteiger partial charge in [0.05, 0.1) is 5.56 Å². The minimum Gasteiger partial charge on any atom is -0.325 e. The molecule has 1 heterocycles. The molecule has 0 aliphatic carbocycles. The second-order valence-electron chi connectivity index (χ2n) is 5.12. The van der Waals surface area contributed by atoms with E-state index in [0.29, 0.717) is 17.8 Å². The summed E-state index contributed by atoms with van der Waals surface area (Å²) in [6.45, 7) is 4.24. The Balaban J connectivity index is 2.10. The minimum absolute atomic E-state index is 0.416. The highest BCUT2D eigenvalue weighted by Gasteiger charge is 2.31. The van der Waals surface area contributed by atoms with Crippen LogP contribution in [0.15, 0.2) is 18.2 Å². The van der Waals surface area contributed by atoms with Gasteiger partial charge in [0.15, 0.2) is 0 Å². The molecule has 1 aromatic carbocycles. The molecule has 0 amide bonds. The lowest BCUT2D eigenvalue weighted by Crippen LogP contribution is -2.44.